The fourth-order valence-corrected chi connectivity index (χ4v) is 2.97. The SMILES string of the molecule is Cc1ccccc1CN(c1ccc(C#N)c(C(F)(F)F)c1)C(C)C(=O)N(C)C. The maximum Gasteiger partial charge on any atom is 0.417 e. The van der Waals surface area contributed by atoms with E-state index in [2.05, 4.69) is 0 Å². The first kappa shape index (κ1) is 21.3. The minimum absolute atomic E-state index is 0.230. The van der Waals surface area contributed by atoms with E-state index in [4.69, 9.17) is 5.26 Å². The van der Waals surface area contributed by atoms with Crippen LogP contribution in [0.4, 0.5) is 18.9 Å². The van der Waals surface area contributed by atoms with Crippen molar-refractivity contribution in [1.82, 2.24) is 4.90 Å². The number of anilines is 1. The third kappa shape index (κ3) is 4.63. The van der Waals surface area contributed by atoms with Gasteiger partial charge in [0.05, 0.1) is 17.2 Å². The molecule has 0 aliphatic carbocycles. The van der Waals surface area contributed by atoms with Crippen molar-refractivity contribution in [2.45, 2.75) is 32.6 Å². The normalized spacial score (nSPS) is 12.2. The van der Waals surface area contributed by atoms with Crippen molar-refractivity contribution >= 4 is 11.6 Å². The average molecular weight is 389 g/mol. The van der Waals surface area contributed by atoms with Crippen LogP contribution in [-0.2, 0) is 17.5 Å². The van der Waals surface area contributed by atoms with Crippen molar-refractivity contribution in [1.29, 1.82) is 5.26 Å². The molecule has 0 N–H and O–H groups in total. The van der Waals surface area contributed by atoms with Gasteiger partial charge >= 0.3 is 6.18 Å². The van der Waals surface area contributed by atoms with Crippen LogP contribution in [0.5, 0.6) is 0 Å². The van der Waals surface area contributed by atoms with Crippen molar-refractivity contribution < 1.29 is 18.0 Å². The van der Waals surface area contributed by atoms with Crippen molar-refractivity contribution in [3.63, 3.8) is 0 Å². The first-order chi connectivity index (χ1) is 13.1. The molecule has 0 heterocycles. The van der Waals surface area contributed by atoms with Gasteiger partial charge in [0.2, 0.25) is 5.91 Å². The van der Waals surface area contributed by atoms with E-state index in [1.165, 1.54) is 11.0 Å². The van der Waals surface area contributed by atoms with E-state index in [1.54, 1.807) is 32.0 Å². The maximum atomic E-state index is 13.4. The molecule has 0 radical (unpaired) electrons. The molecule has 2 aromatic carbocycles. The minimum Gasteiger partial charge on any atom is -0.355 e. The van der Waals surface area contributed by atoms with Crippen LogP contribution in [0.1, 0.15) is 29.2 Å². The number of amides is 1. The second kappa shape index (κ2) is 8.34. The zero-order valence-corrected chi connectivity index (χ0v) is 16.2. The fourth-order valence-electron chi connectivity index (χ4n) is 2.97. The predicted molar refractivity (Wildman–Crippen MR) is 102 cm³/mol. The second-order valence-corrected chi connectivity index (χ2v) is 6.80. The third-order valence-corrected chi connectivity index (χ3v) is 4.63. The molecule has 1 amide bonds. The van der Waals surface area contributed by atoms with Gasteiger partial charge in [0.15, 0.2) is 0 Å². The summed E-state index contributed by atoms with van der Waals surface area (Å²) >= 11 is 0. The molecule has 0 fully saturated rings. The molecule has 2 aromatic rings. The van der Waals surface area contributed by atoms with E-state index < -0.39 is 23.3 Å². The fraction of sp³-hybridized carbons (Fsp3) is 0.333. The van der Waals surface area contributed by atoms with Gasteiger partial charge in [-0.2, -0.15) is 18.4 Å². The van der Waals surface area contributed by atoms with Crippen molar-refractivity contribution in [3.8, 4) is 6.07 Å². The zero-order valence-electron chi connectivity index (χ0n) is 16.2. The quantitative estimate of drug-likeness (QED) is 0.763. The summed E-state index contributed by atoms with van der Waals surface area (Å²) in [5.41, 5.74) is 0.656. The van der Waals surface area contributed by atoms with Gasteiger partial charge < -0.3 is 9.80 Å². The van der Waals surface area contributed by atoms with Crippen LogP contribution < -0.4 is 4.90 Å². The molecule has 0 aliphatic heterocycles. The van der Waals surface area contributed by atoms with Crippen molar-refractivity contribution in [3.05, 3.63) is 64.7 Å². The number of carbonyl (C=O) groups excluding carboxylic acids is 1. The molecule has 1 unspecified atom stereocenters. The molecule has 2 rings (SSSR count). The highest BCUT2D eigenvalue weighted by atomic mass is 19.4. The maximum absolute atomic E-state index is 13.4. The van der Waals surface area contributed by atoms with Crippen LogP contribution in [-0.4, -0.2) is 30.9 Å². The Morgan fingerprint density at radius 2 is 1.82 bits per heavy atom. The van der Waals surface area contributed by atoms with Gasteiger partial charge in [-0.15, -0.1) is 0 Å². The van der Waals surface area contributed by atoms with Gasteiger partial charge in [-0.25, -0.2) is 0 Å². The molecular weight excluding hydrogens is 367 g/mol. The molecule has 0 spiro atoms. The van der Waals surface area contributed by atoms with Crippen LogP contribution in [0.3, 0.4) is 0 Å². The number of likely N-dealkylation sites (N-methyl/N-ethyl adjacent to an activating group) is 1. The number of aryl methyl sites for hydroxylation is 1. The summed E-state index contributed by atoms with van der Waals surface area (Å²) in [6, 6.07) is 11.9. The Morgan fingerprint density at radius 1 is 1.18 bits per heavy atom. The highest BCUT2D eigenvalue weighted by Crippen LogP contribution is 2.35. The lowest BCUT2D eigenvalue weighted by atomic mass is 10.0. The second-order valence-electron chi connectivity index (χ2n) is 6.80. The van der Waals surface area contributed by atoms with Crippen LogP contribution in [0.2, 0.25) is 0 Å². The summed E-state index contributed by atoms with van der Waals surface area (Å²) in [7, 11) is 3.20. The molecule has 148 valence electrons. The first-order valence-corrected chi connectivity index (χ1v) is 8.70. The number of hydrogen-bond acceptors (Lipinski definition) is 3. The number of hydrogen-bond donors (Lipinski definition) is 0. The largest absolute Gasteiger partial charge is 0.417 e. The first-order valence-electron chi connectivity index (χ1n) is 8.70. The molecule has 0 bridgehead atoms. The van der Waals surface area contributed by atoms with Gasteiger partial charge in [-0.3, -0.25) is 4.79 Å². The van der Waals surface area contributed by atoms with Gasteiger partial charge in [0, 0.05) is 26.3 Å². The molecule has 4 nitrogen and oxygen atoms in total. The summed E-state index contributed by atoms with van der Waals surface area (Å²) in [5.74, 6) is -0.230. The van der Waals surface area contributed by atoms with Crippen LogP contribution in [0.25, 0.3) is 0 Å². The predicted octanol–water partition coefficient (Wildman–Crippen LogP) is 4.37. The Morgan fingerprint density at radius 3 is 2.36 bits per heavy atom. The smallest absolute Gasteiger partial charge is 0.355 e. The van der Waals surface area contributed by atoms with Crippen LogP contribution in [0.15, 0.2) is 42.5 Å². The van der Waals surface area contributed by atoms with E-state index in [1.807, 2.05) is 31.2 Å². The summed E-state index contributed by atoms with van der Waals surface area (Å²) < 4.78 is 40.2. The molecule has 0 aliphatic rings. The molecule has 1 atom stereocenters. The van der Waals surface area contributed by atoms with Gasteiger partial charge in [0.1, 0.15) is 6.04 Å². The van der Waals surface area contributed by atoms with E-state index in [0.29, 0.717) is 0 Å². The Hall–Kier alpha value is -3.01. The molecule has 0 aromatic heterocycles. The monoisotopic (exact) mass is 389 g/mol. The van der Waals surface area contributed by atoms with Crippen LogP contribution in [0, 0.1) is 18.3 Å². The topological polar surface area (TPSA) is 47.3 Å². The average Bonchev–Trinajstić information content (AvgIpc) is 2.65. The summed E-state index contributed by atoms with van der Waals surface area (Å²) in [6.45, 7) is 3.83. The van der Waals surface area contributed by atoms with Gasteiger partial charge in [0.25, 0.3) is 0 Å². The molecule has 0 saturated carbocycles. The number of nitriles is 1. The van der Waals surface area contributed by atoms with Crippen molar-refractivity contribution in [2.75, 3.05) is 19.0 Å². The van der Waals surface area contributed by atoms with E-state index in [-0.39, 0.29) is 18.1 Å². The lowest BCUT2D eigenvalue weighted by molar-refractivity contribution is -0.137. The van der Waals surface area contributed by atoms with E-state index in [0.717, 1.165) is 23.3 Å². The third-order valence-electron chi connectivity index (χ3n) is 4.63. The molecular formula is C21H22F3N3O. The number of nitrogens with zero attached hydrogens (tertiary/aromatic N) is 3. The van der Waals surface area contributed by atoms with Crippen molar-refractivity contribution in [2.24, 2.45) is 0 Å². The lowest BCUT2D eigenvalue weighted by Gasteiger charge is -2.33. The Bertz CT molecular complexity index is 900. The number of halogens is 3. The molecule has 7 heteroatoms. The highest BCUT2D eigenvalue weighted by molar-refractivity contribution is 5.84. The lowest BCUT2D eigenvalue weighted by Crippen LogP contribution is -2.44. The zero-order chi connectivity index (χ0) is 21.1. The molecule has 0 saturated heterocycles. The molecule has 28 heavy (non-hydrogen) atoms. The number of rotatable bonds is 5. The summed E-state index contributed by atoms with van der Waals surface area (Å²) in [5, 5.41) is 9.03. The number of carbonyl (C=O) groups is 1. The van der Waals surface area contributed by atoms with E-state index in [9.17, 15) is 18.0 Å². The van der Waals surface area contributed by atoms with E-state index >= 15 is 0 Å². The Balaban J connectivity index is 2.57. The number of benzene rings is 2. The summed E-state index contributed by atoms with van der Waals surface area (Å²) in [6.07, 6.45) is -4.66. The standard InChI is InChI=1S/C21H22F3N3O/c1-14-7-5-6-8-17(14)13-27(15(2)20(28)26(3)4)18-10-9-16(12-25)19(11-18)21(22,23)24/h5-11,15H,13H2,1-4H3. The van der Waals surface area contributed by atoms with Gasteiger partial charge in [-0.05, 0) is 43.2 Å². The Labute approximate surface area is 162 Å². The van der Waals surface area contributed by atoms with Crippen LogP contribution >= 0.6 is 0 Å². The van der Waals surface area contributed by atoms with Gasteiger partial charge in [-0.1, -0.05) is 24.3 Å². The summed E-state index contributed by atoms with van der Waals surface area (Å²) in [4.78, 5) is 15.6. The number of alkyl halides is 3. The highest BCUT2D eigenvalue weighted by Gasteiger charge is 2.35. The minimum atomic E-state index is -4.66. The Kier molecular flexibility index (Phi) is 6.34.